The molecule has 0 aliphatic carbocycles. The number of ether oxygens (including phenoxy) is 1. The highest BCUT2D eigenvalue weighted by Crippen LogP contribution is 2.31. The molecule has 1 fully saturated rings. The molecule has 0 aromatic heterocycles. The van der Waals surface area contributed by atoms with Gasteiger partial charge in [0.25, 0.3) is 0 Å². The molecule has 0 unspecified atom stereocenters. The highest BCUT2D eigenvalue weighted by Gasteiger charge is 2.24. The molecule has 17 heavy (non-hydrogen) atoms. The van der Waals surface area contributed by atoms with Crippen LogP contribution < -0.4 is 10.6 Å². The van der Waals surface area contributed by atoms with E-state index in [2.05, 4.69) is 20.8 Å². The molecular formula is C12H16BrFN2O. The van der Waals surface area contributed by atoms with E-state index < -0.39 is 0 Å². The molecule has 2 N–H and O–H groups in total. The number of hydrogen-bond acceptors (Lipinski definition) is 3. The summed E-state index contributed by atoms with van der Waals surface area (Å²) in [5.41, 5.74) is 7.19. The van der Waals surface area contributed by atoms with E-state index in [0.29, 0.717) is 10.2 Å². The fraction of sp³-hybridized carbons (Fsp3) is 0.500. The lowest BCUT2D eigenvalue weighted by molar-refractivity contribution is -0.00517. The predicted octanol–water partition coefficient (Wildman–Crippen LogP) is 2.78. The molecule has 2 atom stereocenters. The van der Waals surface area contributed by atoms with Gasteiger partial charge in [-0.3, -0.25) is 0 Å². The molecule has 1 saturated heterocycles. The number of nitrogens with two attached hydrogens (primary N) is 1. The number of benzene rings is 1. The summed E-state index contributed by atoms with van der Waals surface area (Å²) in [6.45, 7) is 5.59. The van der Waals surface area contributed by atoms with Crippen molar-refractivity contribution < 1.29 is 9.13 Å². The van der Waals surface area contributed by atoms with Crippen LogP contribution in [0, 0.1) is 5.82 Å². The van der Waals surface area contributed by atoms with Crippen LogP contribution in [0.1, 0.15) is 13.8 Å². The maximum absolute atomic E-state index is 13.3. The minimum absolute atomic E-state index is 0.155. The van der Waals surface area contributed by atoms with E-state index in [1.807, 2.05) is 13.8 Å². The quantitative estimate of drug-likeness (QED) is 0.811. The monoisotopic (exact) mass is 302 g/mol. The molecule has 1 heterocycles. The van der Waals surface area contributed by atoms with Gasteiger partial charge in [0.15, 0.2) is 0 Å². The van der Waals surface area contributed by atoms with Crippen LogP contribution in [0.3, 0.4) is 0 Å². The number of rotatable bonds is 1. The Bertz CT molecular complexity index is 417. The molecule has 1 aliphatic rings. The van der Waals surface area contributed by atoms with E-state index in [1.165, 1.54) is 6.07 Å². The van der Waals surface area contributed by atoms with E-state index in [0.717, 1.165) is 18.8 Å². The summed E-state index contributed by atoms with van der Waals surface area (Å²) in [6.07, 6.45) is 0.309. The Morgan fingerprint density at radius 1 is 1.35 bits per heavy atom. The second-order valence-corrected chi connectivity index (χ2v) is 5.34. The fourth-order valence-corrected chi connectivity index (χ4v) is 2.53. The van der Waals surface area contributed by atoms with Gasteiger partial charge in [-0.2, -0.15) is 0 Å². The van der Waals surface area contributed by atoms with Gasteiger partial charge in [0.05, 0.1) is 28.1 Å². The third-order valence-corrected chi connectivity index (χ3v) is 3.44. The third kappa shape index (κ3) is 2.72. The van der Waals surface area contributed by atoms with E-state index in [4.69, 9.17) is 10.5 Å². The fourth-order valence-electron chi connectivity index (χ4n) is 2.20. The summed E-state index contributed by atoms with van der Waals surface area (Å²) < 4.78 is 19.4. The number of morpholine rings is 1. The Hall–Kier alpha value is -0.810. The zero-order valence-electron chi connectivity index (χ0n) is 9.91. The minimum Gasteiger partial charge on any atom is -0.397 e. The maximum Gasteiger partial charge on any atom is 0.139 e. The zero-order valence-corrected chi connectivity index (χ0v) is 11.5. The molecule has 5 heteroatoms. The van der Waals surface area contributed by atoms with E-state index >= 15 is 0 Å². The molecular weight excluding hydrogens is 287 g/mol. The SMILES string of the molecule is C[C@@H]1CN(c2cc(Br)c(F)cc2N)C[C@H](C)O1. The van der Waals surface area contributed by atoms with E-state index in [-0.39, 0.29) is 18.0 Å². The summed E-state index contributed by atoms with van der Waals surface area (Å²) in [5.74, 6) is -0.333. The van der Waals surface area contributed by atoms with Gasteiger partial charge >= 0.3 is 0 Å². The van der Waals surface area contributed by atoms with Crippen LogP contribution in [0.25, 0.3) is 0 Å². The number of nitrogen functional groups attached to an aromatic ring is 1. The van der Waals surface area contributed by atoms with Crippen molar-refractivity contribution in [2.45, 2.75) is 26.1 Å². The minimum atomic E-state index is -0.333. The summed E-state index contributed by atoms with van der Waals surface area (Å²) in [7, 11) is 0. The lowest BCUT2D eigenvalue weighted by Gasteiger charge is -2.37. The van der Waals surface area contributed by atoms with Crippen LogP contribution in [-0.4, -0.2) is 25.3 Å². The lowest BCUT2D eigenvalue weighted by atomic mass is 10.1. The molecule has 0 bridgehead atoms. The van der Waals surface area contributed by atoms with Crippen molar-refractivity contribution in [3.8, 4) is 0 Å². The van der Waals surface area contributed by atoms with Gasteiger partial charge in [-0.25, -0.2) is 4.39 Å². The molecule has 0 spiro atoms. The van der Waals surface area contributed by atoms with Gasteiger partial charge in [-0.1, -0.05) is 0 Å². The molecule has 0 amide bonds. The van der Waals surface area contributed by atoms with Crippen molar-refractivity contribution in [2.24, 2.45) is 0 Å². The van der Waals surface area contributed by atoms with Gasteiger partial charge in [-0.15, -0.1) is 0 Å². The average Bonchev–Trinajstić information content (AvgIpc) is 2.22. The third-order valence-electron chi connectivity index (χ3n) is 2.83. The van der Waals surface area contributed by atoms with Gasteiger partial charge in [-0.05, 0) is 35.8 Å². The summed E-state index contributed by atoms with van der Waals surface area (Å²) >= 11 is 3.19. The predicted molar refractivity (Wildman–Crippen MR) is 70.7 cm³/mol. The second kappa shape index (κ2) is 4.82. The van der Waals surface area contributed by atoms with Crippen LogP contribution in [0.2, 0.25) is 0 Å². The van der Waals surface area contributed by atoms with Crippen LogP contribution in [0.15, 0.2) is 16.6 Å². The number of nitrogens with zero attached hydrogens (tertiary/aromatic N) is 1. The Labute approximate surface area is 109 Å². The average molecular weight is 303 g/mol. The Morgan fingerprint density at radius 3 is 2.53 bits per heavy atom. The van der Waals surface area contributed by atoms with Gasteiger partial charge in [0.1, 0.15) is 5.82 Å². The first-order valence-electron chi connectivity index (χ1n) is 5.62. The number of halogens is 2. The van der Waals surface area contributed by atoms with Crippen molar-refractivity contribution in [1.82, 2.24) is 0 Å². The van der Waals surface area contributed by atoms with Crippen molar-refractivity contribution in [2.75, 3.05) is 23.7 Å². The van der Waals surface area contributed by atoms with Crippen molar-refractivity contribution in [3.63, 3.8) is 0 Å². The molecule has 0 radical (unpaired) electrons. The zero-order chi connectivity index (χ0) is 12.6. The molecule has 1 aromatic carbocycles. The van der Waals surface area contributed by atoms with E-state index in [9.17, 15) is 4.39 Å². The largest absolute Gasteiger partial charge is 0.397 e. The number of hydrogen-bond donors (Lipinski definition) is 1. The topological polar surface area (TPSA) is 38.5 Å². The molecule has 2 rings (SSSR count). The standard InChI is InChI=1S/C12H16BrFN2O/c1-7-5-16(6-8(2)17-7)12-3-9(13)10(14)4-11(12)15/h3-4,7-8H,5-6,15H2,1-2H3/t7-,8+. The lowest BCUT2D eigenvalue weighted by Crippen LogP contribution is -2.45. The number of anilines is 2. The Balaban J connectivity index is 2.30. The Morgan fingerprint density at radius 2 is 1.94 bits per heavy atom. The second-order valence-electron chi connectivity index (χ2n) is 4.49. The summed E-state index contributed by atoms with van der Waals surface area (Å²) in [4.78, 5) is 2.14. The first kappa shape index (κ1) is 12.6. The van der Waals surface area contributed by atoms with Crippen LogP contribution in [-0.2, 0) is 4.74 Å². The highest BCUT2D eigenvalue weighted by molar-refractivity contribution is 9.10. The summed E-state index contributed by atoms with van der Waals surface area (Å²) in [6, 6.07) is 3.08. The van der Waals surface area contributed by atoms with Crippen molar-refractivity contribution in [1.29, 1.82) is 0 Å². The van der Waals surface area contributed by atoms with Crippen molar-refractivity contribution >= 4 is 27.3 Å². The summed E-state index contributed by atoms with van der Waals surface area (Å²) in [5, 5.41) is 0. The normalized spacial score (nSPS) is 25.1. The van der Waals surface area contributed by atoms with Crippen LogP contribution in [0.4, 0.5) is 15.8 Å². The van der Waals surface area contributed by atoms with Crippen LogP contribution in [0.5, 0.6) is 0 Å². The van der Waals surface area contributed by atoms with Gasteiger partial charge in [0.2, 0.25) is 0 Å². The van der Waals surface area contributed by atoms with Gasteiger partial charge < -0.3 is 15.4 Å². The van der Waals surface area contributed by atoms with Gasteiger partial charge in [0, 0.05) is 19.2 Å². The molecule has 1 aromatic rings. The van der Waals surface area contributed by atoms with Crippen LogP contribution >= 0.6 is 15.9 Å². The maximum atomic E-state index is 13.3. The van der Waals surface area contributed by atoms with E-state index in [1.54, 1.807) is 6.07 Å². The molecule has 0 saturated carbocycles. The molecule has 1 aliphatic heterocycles. The molecule has 94 valence electrons. The Kier molecular flexibility index (Phi) is 3.58. The highest BCUT2D eigenvalue weighted by atomic mass is 79.9. The first-order chi connectivity index (χ1) is 7.97. The first-order valence-corrected chi connectivity index (χ1v) is 6.41. The molecule has 3 nitrogen and oxygen atoms in total. The smallest absolute Gasteiger partial charge is 0.139 e. The van der Waals surface area contributed by atoms with Crippen molar-refractivity contribution in [3.05, 3.63) is 22.4 Å².